The van der Waals surface area contributed by atoms with Crippen LogP contribution >= 0.6 is 0 Å². The normalized spacial score (nSPS) is 14.3. The summed E-state index contributed by atoms with van der Waals surface area (Å²) in [5.41, 5.74) is 1.10. The molecule has 1 aromatic heterocycles. The first-order chi connectivity index (χ1) is 10.8. The van der Waals surface area contributed by atoms with Gasteiger partial charge in [0.1, 0.15) is 11.5 Å². The predicted molar refractivity (Wildman–Crippen MR) is 91.1 cm³/mol. The molecule has 0 saturated heterocycles. The number of nitrogens with zero attached hydrogens (tertiary/aromatic N) is 1. The van der Waals surface area contributed by atoms with Crippen molar-refractivity contribution in [3.8, 4) is 11.5 Å². The maximum absolute atomic E-state index is 12.4. The molecule has 6 heteroatoms. The molecule has 0 bridgehead atoms. The summed E-state index contributed by atoms with van der Waals surface area (Å²) in [5, 5.41) is 2.24. The van der Waals surface area contributed by atoms with E-state index in [1.165, 1.54) is 6.26 Å². The van der Waals surface area contributed by atoms with E-state index in [0.717, 1.165) is 5.56 Å². The Morgan fingerprint density at radius 1 is 1.30 bits per heavy atom. The number of aromatic nitrogens is 1. The number of benzene rings is 1. The molecular weight excluding hydrogens is 312 g/mol. The van der Waals surface area contributed by atoms with E-state index in [9.17, 15) is 9.00 Å². The highest BCUT2D eigenvalue weighted by Crippen LogP contribution is 2.19. The van der Waals surface area contributed by atoms with Crippen LogP contribution in [0.4, 0.5) is 0 Å². The van der Waals surface area contributed by atoms with Gasteiger partial charge in [0.2, 0.25) is 11.8 Å². The fourth-order valence-electron chi connectivity index (χ4n) is 1.95. The lowest BCUT2D eigenvalue weighted by atomic mass is 10.1. The van der Waals surface area contributed by atoms with Gasteiger partial charge in [0.05, 0.1) is 11.4 Å². The monoisotopic (exact) mass is 334 g/mol. The number of oxazole rings is 1. The number of rotatable bonds is 5. The number of hydrogen-bond acceptors (Lipinski definition) is 4. The summed E-state index contributed by atoms with van der Waals surface area (Å²) < 4.78 is 17.8. The van der Waals surface area contributed by atoms with Crippen LogP contribution in [0.2, 0.25) is 0 Å². The first-order valence-electron chi connectivity index (χ1n) is 7.45. The van der Waals surface area contributed by atoms with E-state index < -0.39 is 16.0 Å². The largest absolute Gasteiger partial charge is 0.444 e. The number of carbonyl (C=O) groups excluding carboxylic acids is 1. The van der Waals surface area contributed by atoms with E-state index in [1.54, 1.807) is 6.92 Å². The van der Waals surface area contributed by atoms with Crippen LogP contribution in [0.1, 0.15) is 33.4 Å². The third-order valence-electron chi connectivity index (χ3n) is 3.12. The van der Waals surface area contributed by atoms with Crippen LogP contribution < -0.4 is 5.32 Å². The van der Waals surface area contributed by atoms with Crippen LogP contribution in [-0.2, 0) is 21.3 Å². The van der Waals surface area contributed by atoms with E-state index in [1.807, 2.05) is 51.1 Å². The van der Waals surface area contributed by atoms with Gasteiger partial charge in [-0.3, -0.25) is 9.00 Å². The van der Waals surface area contributed by atoms with Crippen LogP contribution in [0.15, 0.2) is 41.0 Å². The Kier molecular flexibility index (Phi) is 5.36. The molecule has 2 atom stereocenters. The van der Waals surface area contributed by atoms with Crippen molar-refractivity contribution in [1.29, 1.82) is 0 Å². The Morgan fingerprint density at radius 2 is 1.96 bits per heavy atom. The minimum Gasteiger partial charge on any atom is -0.444 e. The molecule has 1 aromatic carbocycles. The van der Waals surface area contributed by atoms with E-state index in [4.69, 9.17) is 4.42 Å². The summed E-state index contributed by atoms with van der Waals surface area (Å²) in [6, 6.07) is 9.50. The second-order valence-corrected chi connectivity index (χ2v) is 8.17. The smallest absolute Gasteiger partial charge is 0.235 e. The maximum Gasteiger partial charge on any atom is 0.235 e. The Bertz CT molecular complexity index is 689. The number of hydrogen-bond donors (Lipinski definition) is 1. The summed E-state index contributed by atoms with van der Waals surface area (Å²) in [5.74, 6) is 0.460. The first-order valence-corrected chi connectivity index (χ1v) is 8.83. The van der Waals surface area contributed by atoms with Gasteiger partial charge in [0.15, 0.2) is 0 Å². The first kappa shape index (κ1) is 17.4. The zero-order valence-electron chi connectivity index (χ0n) is 13.8. The van der Waals surface area contributed by atoms with Gasteiger partial charge in [-0.15, -0.1) is 0 Å². The van der Waals surface area contributed by atoms with Gasteiger partial charge in [-0.05, 0) is 39.8 Å². The molecule has 1 amide bonds. The summed E-state index contributed by atoms with van der Waals surface area (Å²) in [6.45, 7) is 7.34. The van der Waals surface area contributed by atoms with Gasteiger partial charge in [0.25, 0.3) is 0 Å². The van der Waals surface area contributed by atoms with Gasteiger partial charge in [0, 0.05) is 21.9 Å². The second kappa shape index (κ2) is 7.08. The van der Waals surface area contributed by atoms with Crippen molar-refractivity contribution in [3.05, 3.63) is 42.3 Å². The molecule has 1 heterocycles. The Labute approximate surface area is 139 Å². The van der Waals surface area contributed by atoms with Crippen molar-refractivity contribution >= 4 is 16.7 Å². The third kappa shape index (κ3) is 5.03. The summed E-state index contributed by atoms with van der Waals surface area (Å²) in [7, 11) is -1.36. The highest BCUT2D eigenvalue weighted by atomic mass is 32.2. The van der Waals surface area contributed by atoms with Gasteiger partial charge in [-0.1, -0.05) is 18.2 Å². The zero-order valence-corrected chi connectivity index (χ0v) is 14.6. The molecule has 0 aliphatic heterocycles. The van der Waals surface area contributed by atoms with Crippen molar-refractivity contribution in [1.82, 2.24) is 10.3 Å². The fourth-order valence-corrected chi connectivity index (χ4v) is 2.92. The molecule has 124 valence electrons. The predicted octanol–water partition coefficient (Wildman–Crippen LogP) is 2.89. The van der Waals surface area contributed by atoms with E-state index >= 15 is 0 Å². The highest BCUT2D eigenvalue weighted by molar-refractivity contribution is 7.85. The summed E-state index contributed by atoms with van der Waals surface area (Å²) in [4.78, 5) is 16.4. The standard InChI is InChI=1S/C17H22N2O3S/c1-12(15(20)19-17(2,3)4)23(21)11-14-10-22-16(18-14)13-8-6-5-7-9-13/h5-10,12H,11H2,1-4H3,(H,19,20)/t12-,23+/m0/s1. The molecule has 2 rings (SSSR count). The second-order valence-electron chi connectivity index (χ2n) is 6.42. The summed E-state index contributed by atoms with van der Waals surface area (Å²) in [6.07, 6.45) is 1.49. The Morgan fingerprint density at radius 3 is 2.57 bits per heavy atom. The zero-order chi connectivity index (χ0) is 17.0. The molecule has 1 N–H and O–H groups in total. The minimum atomic E-state index is -1.36. The quantitative estimate of drug-likeness (QED) is 0.912. The van der Waals surface area contributed by atoms with Crippen molar-refractivity contribution in [3.63, 3.8) is 0 Å². The average molecular weight is 334 g/mol. The summed E-state index contributed by atoms with van der Waals surface area (Å²) >= 11 is 0. The van der Waals surface area contributed by atoms with Crippen LogP contribution in [0.5, 0.6) is 0 Å². The molecule has 0 fully saturated rings. The molecule has 0 unspecified atom stereocenters. The lowest BCUT2D eigenvalue weighted by molar-refractivity contribution is -0.121. The SMILES string of the molecule is C[C@@H](C(=O)NC(C)(C)C)[S@](=O)Cc1coc(-c2ccccc2)n1. The van der Waals surface area contributed by atoms with Gasteiger partial charge in [-0.25, -0.2) is 4.98 Å². The van der Waals surface area contributed by atoms with Crippen molar-refractivity contribution in [2.75, 3.05) is 0 Å². The Hall–Kier alpha value is -1.95. The topological polar surface area (TPSA) is 72.2 Å². The van der Waals surface area contributed by atoms with Crippen LogP contribution in [0.3, 0.4) is 0 Å². The third-order valence-corrected chi connectivity index (χ3v) is 4.71. The average Bonchev–Trinajstić information content (AvgIpc) is 2.94. The molecule has 0 aliphatic carbocycles. The van der Waals surface area contributed by atoms with Gasteiger partial charge in [-0.2, -0.15) is 0 Å². The lowest BCUT2D eigenvalue weighted by Gasteiger charge is -2.22. The lowest BCUT2D eigenvalue weighted by Crippen LogP contribution is -2.46. The number of carbonyl (C=O) groups is 1. The van der Waals surface area contributed by atoms with E-state index in [2.05, 4.69) is 10.3 Å². The van der Waals surface area contributed by atoms with Crippen LogP contribution in [0, 0.1) is 0 Å². The molecule has 0 aliphatic rings. The van der Waals surface area contributed by atoms with Crippen molar-refractivity contribution < 1.29 is 13.4 Å². The molecule has 0 spiro atoms. The molecule has 2 aromatic rings. The fraction of sp³-hybridized carbons (Fsp3) is 0.412. The molecule has 5 nitrogen and oxygen atoms in total. The number of nitrogens with one attached hydrogen (secondary N) is 1. The van der Waals surface area contributed by atoms with Crippen molar-refractivity contribution in [2.45, 2.75) is 44.2 Å². The van der Waals surface area contributed by atoms with Crippen molar-refractivity contribution in [2.24, 2.45) is 0 Å². The van der Waals surface area contributed by atoms with E-state index in [-0.39, 0.29) is 17.2 Å². The molecule has 0 saturated carbocycles. The van der Waals surface area contributed by atoms with Crippen LogP contribution in [-0.4, -0.2) is 25.9 Å². The molecule has 23 heavy (non-hydrogen) atoms. The maximum atomic E-state index is 12.4. The molecular formula is C17H22N2O3S. The van der Waals surface area contributed by atoms with Crippen LogP contribution in [0.25, 0.3) is 11.5 Å². The Balaban J connectivity index is 2.01. The molecule has 0 radical (unpaired) electrons. The highest BCUT2D eigenvalue weighted by Gasteiger charge is 2.24. The van der Waals surface area contributed by atoms with Gasteiger partial charge >= 0.3 is 0 Å². The minimum absolute atomic E-state index is 0.190. The van der Waals surface area contributed by atoms with E-state index in [0.29, 0.717) is 11.6 Å². The van der Waals surface area contributed by atoms with Gasteiger partial charge < -0.3 is 9.73 Å². The number of amides is 1.